The smallest absolute Gasteiger partial charge is 0.319 e. The highest BCUT2D eigenvalue weighted by molar-refractivity contribution is 5.93. The number of carbonyl (C=O) groups is 1. The van der Waals surface area contributed by atoms with Gasteiger partial charge in [0, 0.05) is 31.4 Å². The molecule has 0 saturated carbocycles. The number of amides is 2. The lowest BCUT2D eigenvalue weighted by Crippen LogP contribution is -2.31. The molecule has 0 radical (unpaired) electrons. The van der Waals surface area contributed by atoms with Gasteiger partial charge in [-0.2, -0.15) is 5.10 Å². The van der Waals surface area contributed by atoms with E-state index in [1.807, 2.05) is 32.8 Å². The van der Waals surface area contributed by atoms with Gasteiger partial charge in [-0.1, -0.05) is 13.8 Å². The number of nitrogens with one attached hydrogen (secondary N) is 4. The summed E-state index contributed by atoms with van der Waals surface area (Å²) in [6.45, 7) is 5.85. The largest absolute Gasteiger partial charge is 0.490 e. The van der Waals surface area contributed by atoms with E-state index in [0.717, 1.165) is 13.0 Å². The number of aromatic nitrogens is 4. The first kappa shape index (κ1) is 21.6. The minimum absolute atomic E-state index is 0.171. The molecule has 0 unspecified atom stereocenters. The number of halogens is 1. The van der Waals surface area contributed by atoms with E-state index in [-0.39, 0.29) is 11.8 Å². The number of ether oxygens (including phenoxy) is 1. The van der Waals surface area contributed by atoms with Gasteiger partial charge in [0.2, 0.25) is 0 Å². The van der Waals surface area contributed by atoms with Crippen LogP contribution >= 0.6 is 0 Å². The first-order chi connectivity index (χ1) is 14.3. The van der Waals surface area contributed by atoms with Crippen LogP contribution in [0.3, 0.4) is 0 Å². The minimum Gasteiger partial charge on any atom is -0.490 e. The second-order valence-corrected chi connectivity index (χ2v) is 7.77. The monoisotopic (exact) mass is 417 g/mol. The Morgan fingerprint density at radius 3 is 2.87 bits per heavy atom. The normalized spacial score (nSPS) is 11.4. The molecule has 3 aromatic rings. The van der Waals surface area contributed by atoms with Crippen LogP contribution in [0.25, 0.3) is 22.6 Å². The third-order valence-electron chi connectivity index (χ3n) is 4.33. The van der Waals surface area contributed by atoms with Gasteiger partial charge < -0.3 is 25.3 Å². The molecule has 0 aliphatic heterocycles. The molecule has 2 aromatic heterocycles. The second kappa shape index (κ2) is 9.57. The van der Waals surface area contributed by atoms with Crippen molar-refractivity contribution in [3.8, 4) is 17.3 Å². The van der Waals surface area contributed by atoms with Crippen molar-refractivity contribution in [1.82, 2.24) is 30.4 Å². The Hall–Kier alpha value is -3.14. The van der Waals surface area contributed by atoms with Crippen molar-refractivity contribution in [2.45, 2.75) is 20.3 Å². The number of benzene rings is 1. The van der Waals surface area contributed by atoms with Gasteiger partial charge in [0.25, 0.3) is 0 Å². The maximum absolute atomic E-state index is 14.4. The van der Waals surface area contributed by atoms with Crippen LogP contribution in [0.4, 0.5) is 14.9 Å². The predicted octanol–water partition coefficient (Wildman–Crippen LogP) is 3.20. The summed E-state index contributed by atoms with van der Waals surface area (Å²) in [6, 6.07) is 2.58. The third kappa shape index (κ3) is 5.47. The van der Waals surface area contributed by atoms with Crippen molar-refractivity contribution in [3.05, 3.63) is 24.1 Å². The summed E-state index contributed by atoms with van der Waals surface area (Å²) in [6.07, 6.45) is 2.36. The predicted molar refractivity (Wildman–Crippen MR) is 114 cm³/mol. The average molecular weight is 417 g/mol. The summed E-state index contributed by atoms with van der Waals surface area (Å²) >= 11 is 0. The molecule has 0 atom stereocenters. The Kier molecular flexibility index (Phi) is 6.88. The fourth-order valence-corrected chi connectivity index (χ4v) is 2.83. The van der Waals surface area contributed by atoms with Crippen LogP contribution in [0.1, 0.15) is 20.3 Å². The standard InChI is InChI=1S/C20H28FN7O2/c1-12(2)10-22-20(29)26-16-11-23-27-18(16)19-24-14-8-13(21)17(9-15(14)25-19)30-7-5-6-28(3)4/h8-9,11-12H,5-7,10H2,1-4H3,(H,23,27)(H,24,25)(H2,22,26,29). The Morgan fingerprint density at radius 2 is 2.13 bits per heavy atom. The molecule has 162 valence electrons. The molecule has 0 aliphatic carbocycles. The molecule has 3 rings (SSSR count). The van der Waals surface area contributed by atoms with Crippen LogP contribution in [0.15, 0.2) is 18.3 Å². The van der Waals surface area contributed by atoms with Crippen LogP contribution in [0.5, 0.6) is 5.75 Å². The number of hydrogen-bond donors (Lipinski definition) is 4. The average Bonchev–Trinajstić information content (AvgIpc) is 3.29. The number of hydrogen-bond acceptors (Lipinski definition) is 5. The molecule has 9 nitrogen and oxygen atoms in total. The summed E-state index contributed by atoms with van der Waals surface area (Å²) in [5, 5.41) is 12.4. The Labute approximate surface area is 174 Å². The molecule has 2 heterocycles. The highest BCUT2D eigenvalue weighted by atomic mass is 19.1. The maximum atomic E-state index is 14.4. The van der Waals surface area contributed by atoms with Crippen molar-refractivity contribution >= 4 is 22.8 Å². The van der Waals surface area contributed by atoms with Crippen LogP contribution in [-0.2, 0) is 0 Å². The molecule has 0 saturated heterocycles. The molecule has 1 aromatic carbocycles. The highest BCUT2D eigenvalue weighted by Crippen LogP contribution is 2.28. The van der Waals surface area contributed by atoms with Crippen LogP contribution in [0, 0.1) is 11.7 Å². The van der Waals surface area contributed by atoms with E-state index < -0.39 is 5.82 Å². The SMILES string of the molecule is CC(C)CNC(=O)Nc1c[nH]nc1-c1nc2cc(F)c(OCCCN(C)C)cc2[nH]1. The summed E-state index contributed by atoms with van der Waals surface area (Å²) in [7, 11) is 3.95. The number of nitrogens with zero attached hydrogens (tertiary/aromatic N) is 3. The van der Waals surface area contributed by atoms with Gasteiger partial charge in [-0.15, -0.1) is 0 Å². The van der Waals surface area contributed by atoms with E-state index in [1.165, 1.54) is 6.07 Å². The van der Waals surface area contributed by atoms with Crippen molar-refractivity contribution in [3.63, 3.8) is 0 Å². The number of fused-ring (bicyclic) bond motifs is 1. The van der Waals surface area contributed by atoms with Gasteiger partial charge in [-0.3, -0.25) is 5.10 Å². The lowest BCUT2D eigenvalue weighted by atomic mass is 10.2. The lowest BCUT2D eigenvalue weighted by molar-refractivity contribution is 0.251. The first-order valence-corrected chi connectivity index (χ1v) is 9.89. The van der Waals surface area contributed by atoms with E-state index in [1.54, 1.807) is 12.3 Å². The van der Waals surface area contributed by atoms with Crippen molar-refractivity contribution in [1.29, 1.82) is 0 Å². The van der Waals surface area contributed by atoms with Gasteiger partial charge in [0.15, 0.2) is 23.1 Å². The molecule has 10 heteroatoms. The summed E-state index contributed by atoms with van der Waals surface area (Å²) < 4.78 is 20.0. The van der Waals surface area contributed by atoms with Crippen LogP contribution in [0.2, 0.25) is 0 Å². The van der Waals surface area contributed by atoms with Gasteiger partial charge in [-0.05, 0) is 26.4 Å². The van der Waals surface area contributed by atoms with E-state index in [9.17, 15) is 9.18 Å². The van der Waals surface area contributed by atoms with E-state index >= 15 is 0 Å². The Balaban J connectivity index is 1.75. The summed E-state index contributed by atoms with van der Waals surface area (Å²) in [5.74, 6) is 0.447. The van der Waals surface area contributed by atoms with Gasteiger partial charge >= 0.3 is 6.03 Å². The first-order valence-electron chi connectivity index (χ1n) is 9.89. The molecule has 0 fully saturated rings. The molecule has 30 heavy (non-hydrogen) atoms. The van der Waals surface area contributed by atoms with E-state index in [4.69, 9.17) is 4.74 Å². The third-order valence-corrected chi connectivity index (χ3v) is 4.33. The fraction of sp³-hybridized carbons (Fsp3) is 0.450. The van der Waals surface area contributed by atoms with Gasteiger partial charge in [-0.25, -0.2) is 14.2 Å². The second-order valence-electron chi connectivity index (χ2n) is 7.77. The van der Waals surface area contributed by atoms with Crippen LogP contribution < -0.4 is 15.4 Å². The number of anilines is 1. The number of imidazole rings is 1. The molecule has 0 bridgehead atoms. The molecule has 0 spiro atoms. The fourth-order valence-electron chi connectivity index (χ4n) is 2.83. The number of carbonyl (C=O) groups excluding carboxylic acids is 1. The zero-order valence-corrected chi connectivity index (χ0v) is 17.7. The number of H-pyrrole nitrogens is 2. The highest BCUT2D eigenvalue weighted by Gasteiger charge is 2.17. The molecule has 2 amide bonds. The van der Waals surface area contributed by atoms with Crippen LogP contribution in [-0.4, -0.2) is 64.9 Å². The number of aromatic amines is 2. The molecular formula is C20H28FN7O2. The molecular weight excluding hydrogens is 389 g/mol. The summed E-state index contributed by atoms with van der Waals surface area (Å²) in [5.41, 5.74) is 1.96. The zero-order chi connectivity index (χ0) is 21.7. The Morgan fingerprint density at radius 1 is 1.33 bits per heavy atom. The van der Waals surface area contributed by atoms with Crippen molar-refractivity contribution in [2.75, 3.05) is 39.1 Å². The minimum atomic E-state index is -0.473. The Bertz CT molecular complexity index is 996. The maximum Gasteiger partial charge on any atom is 0.319 e. The number of urea groups is 1. The topological polar surface area (TPSA) is 111 Å². The van der Waals surface area contributed by atoms with Crippen molar-refractivity contribution < 1.29 is 13.9 Å². The zero-order valence-electron chi connectivity index (χ0n) is 17.7. The summed E-state index contributed by atoms with van der Waals surface area (Å²) in [4.78, 5) is 21.6. The van der Waals surface area contributed by atoms with Gasteiger partial charge in [0.05, 0.1) is 23.3 Å². The lowest BCUT2D eigenvalue weighted by Gasteiger charge is -2.10. The van der Waals surface area contributed by atoms with E-state index in [2.05, 4.69) is 30.8 Å². The quantitative estimate of drug-likeness (QED) is 0.400. The number of rotatable bonds is 9. The molecule has 4 N–H and O–H groups in total. The van der Waals surface area contributed by atoms with E-state index in [0.29, 0.717) is 47.3 Å². The van der Waals surface area contributed by atoms with Gasteiger partial charge in [0.1, 0.15) is 0 Å². The van der Waals surface area contributed by atoms with Crippen molar-refractivity contribution in [2.24, 2.45) is 5.92 Å². The molecule has 0 aliphatic rings.